The van der Waals surface area contributed by atoms with Crippen LogP contribution in [0.5, 0.6) is 0 Å². The minimum Gasteiger partial charge on any atom is -0.395 e. The van der Waals surface area contributed by atoms with Crippen molar-refractivity contribution in [2.24, 2.45) is 0 Å². The third-order valence-electron chi connectivity index (χ3n) is 2.53. The minimum atomic E-state index is 0.152. The second-order valence-corrected chi connectivity index (χ2v) is 3.48. The number of hydrogen-bond acceptors (Lipinski definition) is 4. The molecular weight excluding hydrogens is 190 g/mol. The molecule has 15 heavy (non-hydrogen) atoms. The Morgan fingerprint density at radius 2 is 2.40 bits per heavy atom. The zero-order valence-corrected chi connectivity index (χ0v) is 8.40. The Morgan fingerprint density at radius 3 is 3.13 bits per heavy atom. The van der Waals surface area contributed by atoms with Gasteiger partial charge in [0.05, 0.1) is 29.6 Å². The number of aliphatic hydroxyl groups is 1. The van der Waals surface area contributed by atoms with Crippen LogP contribution in [-0.4, -0.2) is 31.3 Å². The Kier molecular flexibility index (Phi) is 2.75. The maximum Gasteiger partial charge on any atom is 0.0992 e. The van der Waals surface area contributed by atoms with Crippen LogP contribution in [0.3, 0.4) is 0 Å². The fraction of sp³-hybridized carbons (Fsp3) is 0.364. The fourth-order valence-corrected chi connectivity index (χ4v) is 1.82. The van der Waals surface area contributed by atoms with E-state index >= 15 is 0 Å². The lowest BCUT2D eigenvalue weighted by Gasteiger charge is -2.31. The second kappa shape index (κ2) is 4.20. The van der Waals surface area contributed by atoms with Crippen LogP contribution in [0, 0.1) is 11.3 Å². The molecule has 0 radical (unpaired) electrons. The van der Waals surface area contributed by atoms with E-state index in [4.69, 9.17) is 10.4 Å². The van der Waals surface area contributed by atoms with Crippen LogP contribution in [0.15, 0.2) is 18.2 Å². The average molecular weight is 203 g/mol. The van der Waals surface area contributed by atoms with Crippen LogP contribution in [0.25, 0.3) is 0 Å². The number of nitriles is 1. The molecule has 2 N–H and O–H groups in total. The molecule has 2 rings (SSSR count). The molecule has 0 amide bonds. The summed E-state index contributed by atoms with van der Waals surface area (Å²) >= 11 is 0. The van der Waals surface area contributed by atoms with Gasteiger partial charge in [-0.15, -0.1) is 0 Å². The SMILES string of the molecule is N#Cc1ccc2c(c1)NCCN2CCO. The highest BCUT2D eigenvalue weighted by Crippen LogP contribution is 2.29. The molecule has 0 spiro atoms. The molecule has 0 saturated carbocycles. The van der Waals surface area contributed by atoms with Crippen LogP contribution in [0.2, 0.25) is 0 Å². The van der Waals surface area contributed by atoms with Crippen molar-refractivity contribution in [3.63, 3.8) is 0 Å². The predicted molar refractivity (Wildman–Crippen MR) is 58.9 cm³/mol. The quantitative estimate of drug-likeness (QED) is 0.745. The third kappa shape index (κ3) is 1.88. The molecule has 4 nitrogen and oxygen atoms in total. The van der Waals surface area contributed by atoms with Crippen LogP contribution in [-0.2, 0) is 0 Å². The largest absolute Gasteiger partial charge is 0.395 e. The summed E-state index contributed by atoms with van der Waals surface area (Å²) in [6.45, 7) is 2.53. The van der Waals surface area contributed by atoms with Gasteiger partial charge in [-0.05, 0) is 18.2 Å². The smallest absolute Gasteiger partial charge is 0.0992 e. The maximum absolute atomic E-state index is 8.93. The van der Waals surface area contributed by atoms with E-state index in [1.807, 2.05) is 12.1 Å². The number of hydrogen-bond donors (Lipinski definition) is 2. The first-order chi connectivity index (χ1) is 7.35. The summed E-state index contributed by atoms with van der Waals surface area (Å²) < 4.78 is 0. The van der Waals surface area contributed by atoms with E-state index in [0.29, 0.717) is 12.1 Å². The zero-order valence-electron chi connectivity index (χ0n) is 8.40. The molecule has 0 aromatic heterocycles. The molecule has 0 bridgehead atoms. The Bertz CT molecular complexity index is 397. The Balaban J connectivity index is 2.33. The highest BCUT2D eigenvalue weighted by atomic mass is 16.3. The van der Waals surface area contributed by atoms with Crippen molar-refractivity contribution in [1.29, 1.82) is 5.26 Å². The monoisotopic (exact) mass is 203 g/mol. The molecule has 1 aliphatic heterocycles. The maximum atomic E-state index is 8.93. The first kappa shape index (κ1) is 9.81. The normalized spacial score (nSPS) is 14.0. The molecule has 1 aromatic carbocycles. The number of rotatable bonds is 2. The van der Waals surface area contributed by atoms with Gasteiger partial charge in [-0.3, -0.25) is 0 Å². The van der Waals surface area contributed by atoms with Crippen LogP contribution < -0.4 is 10.2 Å². The summed E-state index contributed by atoms with van der Waals surface area (Å²) in [4.78, 5) is 2.12. The molecule has 0 unspecified atom stereocenters. The van der Waals surface area contributed by atoms with Crippen molar-refractivity contribution in [2.75, 3.05) is 36.5 Å². The lowest BCUT2D eigenvalue weighted by Crippen LogP contribution is -2.35. The summed E-state index contributed by atoms with van der Waals surface area (Å²) in [5, 5.41) is 21.0. The topological polar surface area (TPSA) is 59.3 Å². The van der Waals surface area contributed by atoms with Gasteiger partial charge in [0, 0.05) is 19.6 Å². The number of anilines is 2. The molecule has 1 aliphatic rings. The molecular formula is C11H13N3O. The Hall–Kier alpha value is -1.73. The van der Waals surface area contributed by atoms with Gasteiger partial charge in [-0.25, -0.2) is 0 Å². The number of nitrogens with zero attached hydrogens (tertiary/aromatic N) is 2. The van der Waals surface area contributed by atoms with Crippen molar-refractivity contribution in [3.05, 3.63) is 23.8 Å². The highest BCUT2D eigenvalue weighted by Gasteiger charge is 2.15. The van der Waals surface area contributed by atoms with Crippen molar-refractivity contribution in [1.82, 2.24) is 0 Å². The number of nitrogens with one attached hydrogen (secondary N) is 1. The number of aliphatic hydroxyl groups excluding tert-OH is 1. The first-order valence-corrected chi connectivity index (χ1v) is 4.99. The van der Waals surface area contributed by atoms with Crippen molar-refractivity contribution in [2.45, 2.75) is 0 Å². The molecule has 0 fully saturated rings. The Morgan fingerprint density at radius 1 is 1.53 bits per heavy atom. The number of β-amino-alcohol motifs (C(OH)–C–C–N with tert-alkyl or cyclic N) is 1. The summed E-state index contributed by atoms with van der Waals surface area (Å²) in [7, 11) is 0. The van der Waals surface area contributed by atoms with E-state index in [0.717, 1.165) is 24.5 Å². The summed E-state index contributed by atoms with van der Waals surface area (Å²) in [6, 6.07) is 7.69. The fourth-order valence-electron chi connectivity index (χ4n) is 1.82. The third-order valence-corrected chi connectivity index (χ3v) is 2.53. The van der Waals surface area contributed by atoms with Crippen molar-refractivity contribution >= 4 is 11.4 Å². The van der Waals surface area contributed by atoms with Gasteiger partial charge in [-0.2, -0.15) is 5.26 Å². The molecule has 1 aromatic rings. The van der Waals surface area contributed by atoms with Crippen LogP contribution in [0.1, 0.15) is 5.56 Å². The van der Waals surface area contributed by atoms with Crippen molar-refractivity contribution < 1.29 is 5.11 Å². The summed E-state index contributed by atoms with van der Waals surface area (Å²) in [5.74, 6) is 0. The van der Waals surface area contributed by atoms with E-state index in [2.05, 4.69) is 16.3 Å². The molecule has 0 aliphatic carbocycles. The van der Waals surface area contributed by atoms with E-state index < -0.39 is 0 Å². The van der Waals surface area contributed by atoms with Crippen LogP contribution in [0.4, 0.5) is 11.4 Å². The first-order valence-electron chi connectivity index (χ1n) is 4.99. The molecule has 1 heterocycles. The number of benzene rings is 1. The minimum absolute atomic E-state index is 0.152. The second-order valence-electron chi connectivity index (χ2n) is 3.48. The van der Waals surface area contributed by atoms with E-state index in [9.17, 15) is 0 Å². The summed E-state index contributed by atoms with van der Waals surface area (Å²) in [6.07, 6.45) is 0. The van der Waals surface area contributed by atoms with E-state index in [1.54, 1.807) is 6.07 Å². The molecule has 4 heteroatoms. The van der Waals surface area contributed by atoms with Gasteiger partial charge in [0.25, 0.3) is 0 Å². The van der Waals surface area contributed by atoms with Gasteiger partial charge in [0.2, 0.25) is 0 Å². The van der Waals surface area contributed by atoms with E-state index in [-0.39, 0.29) is 6.61 Å². The molecule has 78 valence electrons. The average Bonchev–Trinajstić information content (AvgIpc) is 2.29. The summed E-state index contributed by atoms with van der Waals surface area (Å²) in [5.41, 5.74) is 2.70. The molecule has 0 saturated heterocycles. The van der Waals surface area contributed by atoms with Gasteiger partial charge in [0.1, 0.15) is 0 Å². The highest BCUT2D eigenvalue weighted by molar-refractivity contribution is 5.73. The van der Waals surface area contributed by atoms with Crippen LogP contribution >= 0.6 is 0 Å². The van der Waals surface area contributed by atoms with Gasteiger partial charge >= 0.3 is 0 Å². The van der Waals surface area contributed by atoms with Gasteiger partial charge in [-0.1, -0.05) is 0 Å². The number of fused-ring (bicyclic) bond motifs is 1. The van der Waals surface area contributed by atoms with Gasteiger partial charge < -0.3 is 15.3 Å². The van der Waals surface area contributed by atoms with Crippen molar-refractivity contribution in [3.8, 4) is 6.07 Å². The lowest BCUT2D eigenvalue weighted by molar-refractivity contribution is 0.302. The van der Waals surface area contributed by atoms with Gasteiger partial charge in [0.15, 0.2) is 0 Å². The van der Waals surface area contributed by atoms with E-state index in [1.165, 1.54) is 0 Å². The predicted octanol–water partition coefficient (Wildman–Crippen LogP) is 0.782. The molecule has 0 atom stereocenters. The standard InChI is InChI=1S/C11H13N3O/c12-8-9-1-2-11-10(7-9)13-3-4-14(11)5-6-15/h1-2,7,13,15H,3-6H2. The Labute approximate surface area is 88.7 Å². The lowest BCUT2D eigenvalue weighted by atomic mass is 10.1. The zero-order chi connectivity index (χ0) is 10.7.